The van der Waals surface area contributed by atoms with Crippen molar-refractivity contribution in [3.8, 4) is 0 Å². The van der Waals surface area contributed by atoms with E-state index in [4.69, 9.17) is 0 Å². The minimum Gasteiger partial charge on any atom is -0.312 e. The van der Waals surface area contributed by atoms with E-state index in [1.165, 1.54) is 19.3 Å². The average molecular weight is 272 g/mol. The standard InChI is InChI=1S/C13H24N2O2S/c16-18(17,10-11-4-2-1-3-5-11)15-8-12-6-7-14-13(12)9-15/h11-14H,1-10H2/t12-,13+/m0/s1. The number of fused-ring (bicyclic) bond motifs is 1. The van der Waals surface area contributed by atoms with Crippen LogP contribution in [0.5, 0.6) is 0 Å². The molecule has 2 heterocycles. The van der Waals surface area contributed by atoms with Crippen LogP contribution in [-0.4, -0.2) is 44.2 Å². The van der Waals surface area contributed by atoms with Gasteiger partial charge in [0.05, 0.1) is 5.75 Å². The second-order valence-corrected chi connectivity index (χ2v) is 8.22. The van der Waals surface area contributed by atoms with E-state index >= 15 is 0 Å². The highest BCUT2D eigenvalue weighted by molar-refractivity contribution is 7.89. The Kier molecular flexibility index (Phi) is 3.65. The minimum atomic E-state index is -3.01. The van der Waals surface area contributed by atoms with Gasteiger partial charge in [0, 0.05) is 19.1 Å². The Morgan fingerprint density at radius 2 is 1.83 bits per heavy atom. The summed E-state index contributed by atoms with van der Waals surface area (Å²) >= 11 is 0. The molecule has 0 spiro atoms. The van der Waals surface area contributed by atoms with Gasteiger partial charge in [0.1, 0.15) is 0 Å². The van der Waals surface area contributed by atoms with Gasteiger partial charge in [-0.1, -0.05) is 19.3 Å². The van der Waals surface area contributed by atoms with Crippen LogP contribution in [0.4, 0.5) is 0 Å². The number of hydrogen-bond acceptors (Lipinski definition) is 3. The predicted octanol–water partition coefficient (Wildman–Crippen LogP) is 1.19. The summed E-state index contributed by atoms with van der Waals surface area (Å²) in [6.45, 7) is 2.53. The van der Waals surface area contributed by atoms with Crippen LogP contribution in [0.2, 0.25) is 0 Å². The molecule has 0 aromatic rings. The highest BCUT2D eigenvalue weighted by atomic mass is 32.2. The molecule has 5 heteroatoms. The topological polar surface area (TPSA) is 49.4 Å². The molecule has 18 heavy (non-hydrogen) atoms. The zero-order valence-electron chi connectivity index (χ0n) is 11.0. The van der Waals surface area contributed by atoms with E-state index in [1.807, 2.05) is 0 Å². The van der Waals surface area contributed by atoms with Crippen LogP contribution in [0.1, 0.15) is 38.5 Å². The smallest absolute Gasteiger partial charge is 0.214 e. The normalized spacial score (nSPS) is 34.9. The van der Waals surface area contributed by atoms with Crippen molar-refractivity contribution >= 4 is 10.0 Å². The molecule has 1 saturated carbocycles. The van der Waals surface area contributed by atoms with Crippen molar-refractivity contribution < 1.29 is 8.42 Å². The molecule has 0 bridgehead atoms. The van der Waals surface area contributed by atoms with Crippen molar-refractivity contribution in [2.75, 3.05) is 25.4 Å². The molecule has 0 unspecified atom stereocenters. The van der Waals surface area contributed by atoms with E-state index in [2.05, 4.69) is 5.32 Å². The monoisotopic (exact) mass is 272 g/mol. The van der Waals surface area contributed by atoms with E-state index in [-0.39, 0.29) is 0 Å². The van der Waals surface area contributed by atoms with Gasteiger partial charge in [0.2, 0.25) is 10.0 Å². The fraction of sp³-hybridized carbons (Fsp3) is 1.00. The molecular formula is C13H24N2O2S. The van der Waals surface area contributed by atoms with Crippen LogP contribution < -0.4 is 5.32 Å². The lowest BCUT2D eigenvalue weighted by molar-refractivity contribution is 0.373. The van der Waals surface area contributed by atoms with Crippen LogP contribution in [0.3, 0.4) is 0 Å². The van der Waals surface area contributed by atoms with Gasteiger partial charge < -0.3 is 5.32 Å². The van der Waals surface area contributed by atoms with Crippen LogP contribution in [0.15, 0.2) is 0 Å². The maximum absolute atomic E-state index is 12.4. The number of hydrogen-bond donors (Lipinski definition) is 1. The molecule has 2 atom stereocenters. The van der Waals surface area contributed by atoms with Crippen LogP contribution in [-0.2, 0) is 10.0 Å². The molecule has 104 valence electrons. The fourth-order valence-electron chi connectivity index (χ4n) is 3.79. The van der Waals surface area contributed by atoms with Crippen molar-refractivity contribution in [1.29, 1.82) is 0 Å². The second kappa shape index (κ2) is 5.10. The van der Waals surface area contributed by atoms with Crippen LogP contribution in [0, 0.1) is 11.8 Å². The Balaban J connectivity index is 1.60. The van der Waals surface area contributed by atoms with Crippen molar-refractivity contribution in [2.24, 2.45) is 11.8 Å². The molecule has 2 aliphatic heterocycles. The first-order valence-corrected chi connectivity index (χ1v) is 8.97. The summed E-state index contributed by atoms with van der Waals surface area (Å²) in [5.41, 5.74) is 0. The highest BCUT2D eigenvalue weighted by Crippen LogP contribution is 2.30. The SMILES string of the molecule is O=S(=O)(CC1CCCCC1)N1C[C@@H]2CCN[C@@H]2C1. The molecule has 3 fully saturated rings. The largest absolute Gasteiger partial charge is 0.312 e. The number of nitrogens with zero attached hydrogens (tertiary/aromatic N) is 1. The molecule has 3 rings (SSSR count). The molecule has 0 amide bonds. The first kappa shape index (κ1) is 12.9. The van der Waals surface area contributed by atoms with Gasteiger partial charge in [-0.2, -0.15) is 0 Å². The zero-order chi connectivity index (χ0) is 12.6. The lowest BCUT2D eigenvalue weighted by atomic mass is 9.91. The number of sulfonamides is 1. The maximum atomic E-state index is 12.4. The van der Waals surface area contributed by atoms with E-state index in [0.29, 0.717) is 30.2 Å². The van der Waals surface area contributed by atoms with Crippen molar-refractivity contribution in [2.45, 2.75) is 44.6 Å². The van der Waals surface area contributed by atoms with Crippen LogP contribution >= 0.6 is 0 Å². The molecule has 1 N–H and O–H groups in total. The lowest BCUT2D eigenvalue weighted by Gasteiger charge is -2.24. The first-order valence-electron chi connectivity index (χ1n) is 7.36. The summed E-state index contributed by atoms with van der Waals surface area (Å²) in [5.74, 6) is 1.37. The molecule has 0 aromatic heterocycles. The molecule has 1 aliphatic carbocycles. The van der Waals surface area contributed by atoms with Crippen LogP contribution in [0.25, 0.3) is 0 Å². The van der Waals surface area contributed by atoms with Gasteiger partial charge in [-0.3, -0.25) is 0 Å². The highest BCUT2D eigenvalue weighted by Gasteiger charge is 2.41. The second-order valence-electron chi connectivity index (χ2n) is 6.21. The van der Waals surface area contributed by atoms with Gasteiger partial charge >= 0.3 is 0 Å². The van der Waals surface area contributed by atoms with Gasteiger partial charge in [0.25, 0.3) is 0 Å². The molecule has 0 radical (unpaired) electrons. The molecule has 0 aromatic carbocycles. The maximum Gasteiger partial charge on any atom is 0.214 e. The predicted molar refractivity (Wildman–Crippen MR) is 71.8 cm³/mol. The van der Waals surface area contributed by atoms with Crippen molar-refractivity contribution in [3.63, 3.8) is 0 Å². The van der Waals surface area contributed by atoms with Crippen molar-refractivity contribution in [3.05, 3.63) is 0 Å². The average Bonchev–Trinajstić information content (AvgIpc) is 2.89. The minimum absolute atomic E-state index is 0.395. The van der Waals surface area contributed by atoms with Gasteiger partial charge in [0.15, 0.2) is 0 Å². The Morgan fingerprint density at radius 1 is 1.06 bits per heavy atom. The Hall–Kier alpha value is -0.130. The van der Waals surface area contributed by atoms with E-state index < -0.39 is 10.0 Å². The summed E-state index contributed by atoms with van der Waals surface area (Å²) in [7, 11) is -3.01. The quantitative estimate of drug-likeness (QED) is 0.839. The fourth-order valence-corrected chi connectivity index (χ4v) is 5.74. The molecule has 4 nitrogen and oxygen atoms in total. The Bertz CT molecular complexity index is 378. The molecule has 2 saturated heterocycles. The van der Waals surface area contributed by atoms with Gasteiger partial charge in [-0.15, -0.1) is 0 Å². The summed E-state index contributed by atoms with van der Waals surface area (Å²) < 4.78 is 26.6. The Labute approximate surface area is 110 Å². The number of nitrogens with one attached hydrogen (secondary N) is 1. The summed E-state index contributed by atoms with van der Waals surface area (Å²) in [6.07, 6.45) is 7.07. The van der Waals surface area contributed by atoms with E-state index in [1.54, 1.807) is 4.31 Å². The van der Waals surface area contributed by atoms with E-state index in [0.717, 1.165) is 32.4 Å². The summed E-state index contributed by atoms with van der Waals surface area (Å²) in [5, 5.41) is 3.42. The molecule has 3 aliphatic rings. The summed E-state index contributed by atoms with van der Waals surface area (Å²) in [6, 6.07) is 0.422. The third kappa shape index (κ3) is 2.58. The third-order valence-corrected chi connectivity index (χ3v) is 6.87. The summed E-state index contributed by atoms with van der Waals surface area (Å²) in [4.78, 5) is 0. The first-order chi connectivity index (χ1) is 8.65. The number of rotatable bonds is 3. The van der Waals surface area contributed by atoms with E-state index in [9.17, 15) is 8.42 Å². The third-order valence-electron chi connectivity index (χ3n) is 4.89. The van der Waals surface area contributed by atoms with Crippen molar-refractivity contribution in [1.82, 2.24) is 9.62 Å². The molecular weight excluding hydrogens is 248 g/mol. The Morgan fingerprint density at radius 3 is 2.56 bits per heavy atom. The lowest BCUT2D eigenvalue weighted by Crippen LogP contribution is -2.37. The van der Waals surface area contributed by atoms with Gasteiger partial charge in [-0.25, -0.2) is 12.7 Å². The van der Waals surface area contributed by atoms with Gasteiger partial charge in [-0.05, 0) is 37.6 Å². The zero-order valence-corrected chi connectivity index (χ0v) is 11.8.